The maximum Gasteiger partial charge on any atom is 0.123 e. The van der Waals surface area contributed by atoms with Gasteiger partial charge in [0, 0.05) is 36.8 Å². The van der Waals surface area contributed by atoms with Crippen molar-refractivity contribution in [1.82, 2.24) is 10.3 Å². The molecule has 4 heteroatoms. The van der Waals surface area contributed by atoms with Crippen molar-refractivity contribution in [2.24, 2.45) is 0 Å². The zero-order chi connectivity index (χ0) is 13.1. The predicted molar refractivity (Wildman–Crippen MR) is 79.4 cm³/mol. The molecule has 0 bridgehead atoms. The van der Waals surface area contributed by atoms with Gasteiger partial charge >= 0.3 is 0 Å². The lowest BCUT2D eigenvalue weighted by molar-refractivity contribution is 0.823. The Bertz CT molecular complexity index is 514. The molecule has 1 heterocycles. The van der Waals surface area contributed by atoms with E-state index in [1.807, 2.05) is 21.1 Å². The van der Waals surface area contributed by atoms with Gasteiger partial charge in [0.1, 0.15) is 5.01 Å². The van der Waals surface area contributed by atoms with E-state index in [0.29, 0.717) is 0 Å². The summed E-state index contributed by atoms with van der Waals surface area (Å²) in [5, 5.41) is 4.28. The molecule has 0 aliphatic carbocycles. The van der Waals surface area contributed by atoms with Gasteiger partial charge in [-0.3, -0.25) is 0 Å². The fourth-order valence-corrected chi connectivity index (χ4v) is 2.86. The lowest BCUT2D eigenvalue weighted by Crippen LogP contribution is -2.07. The number of benzene rings is 1. The van der Waals surface area contributed by atoms with E-state index in [1.54, 1.807) is 11.3 Å². The highest BCUT2D eigenvalue weighted by molar-refractivity contribution is 7.15. The Labute approximate surface area is 112 Å². The van der Waals surface area contributed by atoms with Crippen molar-refractivity contribution in [2.45, 2.75) is 13.5 Å². The molecule has 0 unspecified atom stereocenters. The average Bonchev–Trinajstić information content (AvgIpc) is 2.72. The highest BCUT2D eigenvalue weighted by Gasteiger charge is 2.08. The average molecular weight is 261 g/mol. The van der Waals surface area contributed by atoms with Crippen LogP contribution >= 0.6 is 11.3 Å². The summed E-state index contributed by atoms with van der Waals surface area (Å²) in [6.45, 7) is 2.96. The molecule has 0 saturated heterocycles. The number of aromatic nitrogens is 1. The fraction of sp³-hybridized carbons (Fsp3) is 0.357. The summed E-state index contributed by atoms with van der Waals surface area (Å²) in [5.41, 5.74) is 3.53. The Kier molecular flexibility index (Phi) is 3.99. The van der Waals surface area contributed by atoms with E-state index < -0.39 is 0 Å². The normalized spacial score (nSPS) is 10.7. The summed E-state index contributed by atoms with van der Waals surface area (Å²) in [6.07, 6.45) is 0. The number of aryl methyl sites for hydroxylation is 1. The number of anilines is 1. The van der Waals surface area contributed by atoms with Crippen LogP contribution < -0.4 is 10.2 Å². The van der Waals surface area contributed by atoms with Crippen molar-refractivity contribution in [3.8, 4) is 10.6 Å². The minimum atomic E-state index is 0.888. The summed E-state index contributed by atoms with van der Waals surface area (Å²) >= 11 is 1.76. The summed E-state index contributed by atoms with van der Waals surface area (Å²) in [7, 11) is 6.06. The third-order valence-electron chi connectivity index (χ3n) is 2.86. The predicted octanol–water partition coefficient (Wildman–Crippen LogP) is 2.90. The number of nitrogens with zero attached hydrogens (tertiary/aromatic N) is 2. The number of nitrogens with one attached hydrogen (secondary N) is 1. The highest BCUT2D eigenvalue weighted by atomic mass is 32.1. The van der Waals surface area contributed by atoms with E-state index in [1.165, 1.54) is 16.1 Å². The Morgan fingerprint density at radius 2 is 1.89 bits per heavy atom. The van der Waals surface area contributed by atoms with Gasteiger partial charge < -0.3 is 10.2 Å². The van der Waals surface area contributed by atoms with Crippen LogP contribution in [0.1, 0.15) is 10.6 Å². The molecule has 3 nitrogen and oxygen atoms in total. The first-order chi connectivity index (χ1) is 8.61. The van der Waals surface area contributed by atoms with Crippen LogP contribution in [0.5, 0.6) is 0 Å². The molecule has 0 fully saturated rings. The second-order valence-corrected chi connectivity index (χ2v) is 5.58. The monoisotopic (exact) mass is 261 g/mol. The van der Waals surface area contributed by atoms with Crippen molar-refractivity contribution in [2.75, 3.05) is 26.0 Å². The van der Waals surface area contributed by atoms with E-state index in [4.69, 9.17) is 0 Å². The first-order valence-corrected chi connectivity index (χ1v) is 6.82. The molecule has 0 amide bonds. The number of thiazole rings is 1. The van der Waals surface area contributed by atoms with Gasteiger partial charge in [0.25, 0.3) is 0 Å². The first-order valence-electron chi connectivity index (χ1n) is 6.00. The summed E-state index contributed by atoms with van der Waals surface area (Å²) in [4.78, 5) is 8.05. The third kappa shape index (κ3) is 2.71. The topological polar surface area (TPSA) is 28.2 Å². The zero-order valence-corrected chi connectivity index (χ0v) is 12.1. The Morgan fingerprint density at radius 1 is 1.22 bits per heavy atom. The molecule has 0 saturated carbocycles. The van der Waals surface area contributed by atoms with E-state index in [9.17, 15) is 0 Å². The summed E-state index contributed by atoms with van der Waals surface area (Å²) < 4.78 is 0. The maximum atomic E-state index is 4.64. The Hall–Kier alpha value is -1.39. The molecular formula is C14H19N3S. The van der Waals surface area contributed by atoms with E-state index in [-0.39, 0.29) is 0 Å². The summed E-state index contributed by atoms with van der Waals surface area (Å²) in [6, 6.07) is 8.53. The first kappa shape index (κ1) is 13.1. The molecule has 1 aromatic heterocycles. The van der Waals surface area contributed by atoms with Crippen LogP contribution in [0.15, 0.2) is 24.3 Å². The molecule has 1 aromatic carbocycles. The molecule has 0 aliphatic heterocycles. The van der Waals surface area contributed by atoms with E-state index in [0.717, 1.165) is 17.2 Å². The molecule has 18 heavy (non-hydrogen) atoms. The van der Waals surface area contributed by atoms with Crippen LogP contribution in [0.3, 0.4) is 0 Å². The second-order valence-electron chi connectivity index (χ2n) is 4.50. The van der Waals surface area contributed by atoms with Gasteiger partial charge in [0.05, 0.1) is 5.69 Å². The van der Waals surface area contributed by atoms with Crippen molar-refractivity contribution in [1.29, 1.82) is 0 Å². The summed E-state index contributed by atoms with van der Waals surface area (Å²) in [5.74, 6) is 0. The molecule has 2 rings (SSSR count). The minimum Gasteiger partial charge on any atom is -0.378 e. The number of hydrogen-bond donors (Lipinski definition) is 1. The van der Waals surface area contributed by atoms with Crippen LogP contribution in [0.2, 0.25) is 0 Å². The van der Waals surface area contributed by atoms with Crippen molar-refractivity contribution >= 4 is 17.0 Å². The highest BCUT2D eigenvalue weighted by Crippen LogP contribution is 2.29. The molecule has 0 radical (unpaired) electrons. The Balaban J connectivity index is 2.28. The fourth-order valence-electron chi connectivity index (χ4n) is 1.78. The lowest BCUT2D eigenvalue weighted by atomic mass is 10.2. The second kappa shape index (κ2) is 5.50. The third-order valence-corrected chi connectivity index (χ3v) is 4.07. The Morgan fingerprint density at radius 3 is 2.44 bits per heavy atom. The van der Waals surface area contributed by atoms with Gasteiger partial charge in [0.2, 0.25) is 0 Å². The molecule has 0 spiro atoms. The molecule has 0 aliphatic rings. The standard InChI is InChI=1S/C14H19N3S/c1-10-13(9-15-2)18-14(16-10)11-5-7-12(8-6-11)17(3)4/h5-8,15H,9H2,1-4H3. The SMILES string of the molecule is CNCc1sc(-c2ccc(N(C)C)cc2)nc1C. The van der Waals surface area contributed by atoms with Crippen LogP contribution in [0.4, 0.5) is 5.69 Å². The van der Waals surface area contributed by atoms with Gasteiger partial charge in [-0.25, -0.2) is 4.98 Å². The largest absolute Gasteiger partial charge is 0.378 e. The smallest absolute Gasteiger partial charge is 0.123 e. The van der Waals surface area contributed by atoms with Crippen molar-refractivity contribution in [3.05, 3.63) is 34.8 Å². The zero-order valence-electron chi connectivity index (χ0n) is 11.3. The van der Waals surface area contributed by atoms with Crippen molar-refractivity contribution < 1.29 is 0 Å². The number of rotatable bonds is 4. The van der Waals surface area contributed by atoms with Crippen LogP contribution in [-0.2, 0) is 6.54 Å². The molecule has 1 N–H and O–H groups in total. The maximum absolute atomic E-state index is 4.64. The van der Waals surface area contributed by atoms with Gasteiger partial charge in [-0.15, -0.1) is 11.3 Å². The van der Waals surface area contributed by atoms with Gasteiger partial charge in [0.15, 0.2) is 0 Å². The minimum absolute atomic E-state index is 0.888. The van der Waals surface area contributed by atoms with Gasteiger partial charge in [-0.1, -0.05) is 0 Å². The van der Waals surface area contributed by atoms with Crippen LogP contribution in [-0.4, -0.2) is 26.1 Å². The van der Waals surface area contributed by atoms with E-state index in [2.05, 4.69) is 46.4 Å². The molecule has 0 atom stereocenters. The van der Waals surface area contributed by atoms with Crippen LogP contribution in [0.25, 0.3) is 10.6 Å². The quantitative estimate of drug-likeness (QED) is 0.917. The lowest BCUT2D eigenvalue weighted by Gasteiger charge is -2.11. The van der Waals surface area contributed by atoms with Gasteiger partial charge in [-0.05, 0) is 38.2 Å². The molecular weight excluding hydrogens is 242 g/mol. The molecule has 96 valence electrons. The molecule has 2 aromatic rings. The van der Waals surface area contributed by atoms with Crippen LogP contribution in [0, 0.1) is 6.92 Å². The number of hydrogen-bond acceptors (Lipinski definition) is 4. The van der Waals surface area contributed by atoms with Gasteiger partial charge in [-0.2, -0.15) is 0 Å². The van der Waals surface area contributed by atoms with E-state index >= 15 is 0 Å². The van der Waals surface area contributed by atoms with Crippen molar-refractivity contribution in [3.63, 3.8) is 0 Å².